The number of anilines is 1. The first-order valence-corrected chi connectivity index (χ1v) is 6.50. The molecule has 0 spiro atoms. The van der Waals surface area contributed by atoms with Crippen molar-refractivity contribution >= 4 is 21.4 Å². The lowest BCUT2D eigenvalue weighted by atomic mass is 10.3. The summed E-state index contributed by atoms with van der Waals surface area (Å²) in [7, 11) is -2.55. The molecule has 0 amide bonds. The fourth-order valence-electron chi connectivity index (χ4n) is 1.30. The maximum Gasteiger partial charge on any atom is 0.289 e. The topological polar surface area (TPSA) is 119 Å². The first-order valence-electron chi connectivity index (χ1n) is 5.06. The average Bonchev–Trinajstić information content (AvgIpc) is 2.36. The van der Waals surface area contributed by atoms with E-state index in [1.807, 2.05) is 0 Å². The second-order valence-electron chi connectivity index (χ2n) is 3.50. The number of nitrogens with two attached hydrogens (primary N) is 1. The van der Waals surface area contributed by atoms with Crippen molar-refractivity contribution in [1.82, 2.24) is 4.31 Å². The van der Waals surface area contributed by atoms with Crippen LogP contribution in [0.15, 0.2) is 23.1 Å². The van der Waals surface area contributed by atoms with Gasteiger partial charge in [0.1, 0.15) is 0 Å². The van der Waals surface area contributed by atoms with Gasteiger partial charge in [-0.05, 0) is 12.1 Å². The van der Waals surface area contributed by atoms with Crippen molar-refractivity contribution in [2.75, 3.05) is 19.0 Å². The third kappa shape index (κ3) is 2.58. The van der Waals surface area contributed by atoms with E-state index in [0.717, 1.165) is 16.4 Å². The Bertz CT molecular complexity index is 558. The summed E-state index contributed by atoms with van der Waals surface area (Å²) in [6.07, 6.45) is 0. The number of nitrogen functional groups attached to an aromatic ring is 1. The van der Waals surface area contributed by atoms with Gasteiger partial charge in [0.15, 0.2) is 4.90 Å². The first kappa shape index (κ1) is 14.4. The third-order valence-corrected chi connectivity index (χ3v) is 4.42. The number of benzene rings is 1. The molecule has 0 aliphatic carbocycles. The molecule has 0 aliphatic heterocycles. The van der Waals surface area contributed by atoms with Crippen molar-refractivity contribution in [1.29, 1.82) is 0 Å². The van der Waals surface area contributed by atoms with Crippen LogP contribution >= 0.6 is 0 Å². The molecule has 0 saturated heterocycles. The maximum absolute atomic E-state index is 12.1. The van der Waals surface area contributed by atoms with E-state index in [2.05, 4.69) is 5.43 Å². The van der Waals surface area contributed by atoms with Crippen LogP contribution in [0.1, 0.15) is 6.92 Å². The number of rotatable bonds is 5. The van der Waals surface area contributed by atoms with Crippen LogP contribution in [0, 0.1) is 10.1 Å². The Labute approximate surface area is 105 Å². The van der Waals surface area contributed by atoms with Gasteiger partial charge in [-0.1, -0.05) is 6.92 Å². The minimum atomic E-state index is -3.90. The molecule has 1 aromatic rings. The fraction of sp³-hybridized carbons (Fsp3) is 0.333. The van der Waals surface area contributed by atoms with Gasteiger partial charge in [0.25, 0.3) is 5.69 Å². The summed E-state index contributed by atoms with van der Waals surface area (Å²) in [6, 6.07) is 3.58. The number of sulfonamides is 1. The highest BCUT2D eigenvalue weighted by atomic mass is 32.2. The molecular formula is C9H14N4O4S. The predicted molar refractivity (Wildman–Crippen MR) is 66.4 cm³/mol. The number of hydrazine groups is 1. The molecule has 0 saturated carbocycles. The van der Waals surface area contributed by atoms with E-state index in [1.165, 1.54) is 13.1 Å². The van der Waals surface area contributed by atoms with Gasteiger partial charge >= 0.3 is 0 Å². The average molecular weight is 274 g/mol. The Morgan fingerprint density at radius 3 is 2.56 bits per heavy atom. The predicted octanol–water partition coefficient (Wildman–Crippen LogP) is 0.521. The molecule has 18 heavy (non-hydrogen) atoms. The quantitative estimate of drug-likeness (QED) is 0.459. The molecule has 3 N–H and O–H groups in total. The number of hydrogen-bond donors (Lipinski definition) is 2. The van der Waals surface area contributed by atoms with Crippen LogP contribution in [0.3, 0.4) is 0 Å². The molecule has 100 valence electrons. The zero-order valence-electron chi connectivity index (χ0n) is 9.95. The van der Waals surface area contributed by atoms with Crippen LogP contribution in [0.5, 0.6) is 0 Å². The molecule has 0 radical (unpaired) electrons. The van der Waals surface area contributed by atoms with E-state index >= 15 is 0 Å². The van der Waals surface area contributed by atoms with Crippen molar-refractivity contribution < 1.29 is 13.3 Å². The van der Waals surface area contributed by atoms with Crippen molar-refractivity contribution in [2.24, 2.45) is 5.84 Å². The van der Waals surface area contributed by atoms with E-state index in [1.54, 1.807) is 6.92 Å². The molecule has 0 fully saturated rings. The SMILES string of the molecule is CCN(C)S(=O)(=O)c1cc(NN)ccc1[N+](=O)[O-]. The molecule has 0 atom stereocenters. The minimum Gasteiger partial charge on any atom is -0.324 e. The van der Waals surface area contributed by atoms with Crippen LogP contribution < -0.4 is 11.3 Å². The van der Waals surface area contributed by atoms with Gasteiger partial charge in [0.05, 0.1) is 10.6 Å². The summed E-state index contributed by atoms with van der Waals surface area (Å²) >= 11 is 0. The fourth-order valence-corrected chi connectivity index (χ4v) is 2.66. The molecule has 8 nitrogen and oxygen atoms in total. The van der Waals surface area contributed by atoms with E-state index in [-0.39, 0.29) is 17.1 Å². The lowest BCUT2D eigenvalue weighted by molar-refractivity contribution is -0.387. The number of nitrogens with one attached hydrogen (secondary N) is 1. The summed E-state index contributed by atoms with van der Waals surface area (Å²) in [5, 5.41) is 10.8. The summed E-state index contributed by atoms with van der Waals surface area (Å²) in [6.45, 7) is 1.84. The highest BCUT2D eigenvalue weighted by Crippen LogP contribution is 2.28. The monoisotopic (exact) mass is 274 g/mol. The minimum absolute atomic E-state index is 0.208. The van der Waals surface area contributed by atoms with Gasteiger partial charge in [-0.2, -0.15) is 0 Å². The summed E-state index contributed by atoms with van der Waals surface area (Å²) in [5.41, 5.74) is 2.06. The number of nitro benzene ring substituents is 1. The van der Waals surface area contributed by atoms with Crippen LogP contribution in [-0.4, -0.2) is 31.2 Å². The smallest absolute Gasteiger partial charge is 0.289 e. The molecule has 1 aromatic carbocycles. The van der Waals surface area contributed by atoms with Crippen molar-refractivity contribution in [3.63, 3.8) is 0 Å². The number of hydrogen-bond acceptors (Lipinski definition) is 6. The van der Waals surface area contributed by atoms with Crippen LogP contribution in [0.4, 0.5) is 11.4 Å². The second kappa shape index (κ2) is 5.29. The van der Waals surface area contributed by atoms with E-state index in [4.69, 9.17) is 5.84 Å². The van der Waals surface area contributed by atoms with Gasteiger partial charge in [0.2, 0.25) is 10.0 Å². The molecule has 1 rings (SSSR count). The highest BCUT2D eigenvalue weighted by molar-refractivity contribution is 7.89. The summed E-state index contributed by atoms with van der Waals surface area (Å²) in [4.78, 5) is 9.73. The zero-order valence-corrected chi connectivity index (χ0v) is 10.8. The Hall–Kier alpha value is -1.71. The molecule has 0 unspecified atom stereocenters. The van der Waals surface area contributed by atoms with Gasteiger partial charge in [-0.25, -0.2) is 12.7 Å². The molecule has 0 heterocycles. The van der Waals surface area contributed by atoms with Crippen LogP contribution in [0.25, 0.3) is 0 Å². The zero-order chi connectivity index (χ0) is 13.9. The van der Waals surface area contributed by atoms with Crippen molar-refractivity contribution in [3.05, 3.63) is 28.3 Å². The highest BCUT2D eigenvalue weighted by Gasteiger charge is 2.29. The lowest BCUT2D eigenvalue weighted by Crippen LogP contribution is -2.27. The van der Waals surface area contributed by atoms with Gasteiger partial charge in [-0.3, -0.25) is 16.0 Å². The van der Waals surface area contributed by atoms with Gasteiger partial charge in [0, 0.05) is 19.7 Å². The third-order valence-electron chi connectivity index (χ3n) is 2.46. The van der Waals surface area contributed by atoms with E-state index in [9.17, 15) is 18.5 Å². The number of nitro groups is 1. The first-order chi connectivity index (χ1) is 8.34. The summed E-state index contributed by atoms with van der Waals surface area (Å²) in [5.74, 6) is 5.17. The molecule has 0 aromatic heterocycles. The molecule has 9 heteroatoms. The van der Waals surface area contributed by atoms with E-state index in [0.29, 0.717) is 0 Å². The Morgan fingerprint density at radius 1 is 1.50 bits per heavy atom. The second-order valence-corrected chi connectivity index (χ2v) is 5.52. The van der Waals surface area contributed by atoms with Gasteiger partial charge < -0.3 is 5.43 Å². The van der Waals surface area contributed by atoms with E-state index < -0.39 is 20.6 Å². The Kier molecular flexibility index (Phi) is 4.22. The normalized spacial score (nSPS) is 11.6. The lowest BCUT2D eigenvalue weighted by Gasteiger charge is -2.15. The number of nitrogens with zero attached hydrogens (tertiary/aromatic N) is 2. The molecule has 0 bridgehead atoms. The standard InChI is InChI=1S/C9H14N4O4S/c1-3-12(2)18(16,17)9-6-7(11-10)4-5-8(9)13(14)15/h4-6,11H,3,10H2,1-2H3. The molecule has 0 aliphatic rings. The van der Waals surface area contributed by atoms with Crippen LogP contribution in [-0.2, 0) is 10.0 Å². The molecular weight excluding hydrogens is 260 g/mol. The van der Waals surface area contributed by atoms with Gasteiger partial charge in [-0.15, -0.1) is 0 Å². The Balaban J connectivity index is 3.50. The largest absolute Gasteiger partial charge is 0.324 e. The summed E-state index contributed by atoms with van der Waals surface area (Å²) < 4.78 is 25.2. The maximum atomic E-state index is 12.1. The van der Waals surface area contributed by atoms with Crippen molar-refractivity contribution in [3.8, 4) is 0 Å². The Morgan fingerprint density at radius 2 is 2.11 bits per heavy atom. The van der Waals surface area contributed by atoms with Crippen LogP contribution in [0.2, 0.25) is 0 Å². The van der Waals surface area contributed by atoms with Crippen molar-refractivity contribution in [2.45, 2.75) is 11.8 Å².